The Balaban J connectivity index is 0.000000162. The fourth-order valence-corrected chi connectivity index (χ4v) is 16.0. The first kappa shape index (κ1) is 75.6. The fraction of sp³-hybridized carbons (Fsp3) is 0.519. The van der Waals surface area contributed by atoms with Gasteiger partial charge in [0.05, 0.1) is 82.9 Å². The first-order chi connectivity index (χ1) is 48.2. The van der Waals surface area contributed by atoms with E-state index in [1.54, 1.807) is 48.2 Å². The maximum atomic E-state index is 14.4. The van der Waals surface area contributed by atoms with Crippen LogP contribution in [0.5, 0.6) is 11.5 Å². The maximum absolute atomic E-state index is 14.4. The van der Waals surface area contributed by atoms with Crippen molar-refractivity contribution in [2.75, 3.05) is 64.8 Å². The number of rotatable bonds is 19. The molecule has 1 N–H and O–H groups in total. The van der Waals surface area contributed by atoms with Crippen molar-refractivity contribution in [3.05, 3.63) is 196 Å². The molecule has 0 saturated carbocycles. The summed E-state index contributed by atoms with van der Waals surface area (Å²) in [5.41, 5.74) is 4.71. The number of amides is 3. The molecule has 100 heavy (non-hydrogen) atoms. The van der Waals surface area contributed by atoms with Crippen LogP contribution in [0.4, 0.5) is 4.39 Å². The SMILES string of the molecule is CCOC1CC(c2ccccc2)OC2(CCN(C(=O)c3ccc(OC(C)C)c(CO)c3)CC2)C1.CCOC1CC(c2ccccc2)OC2(CCN(C(=O)c3ccc(OC(C)C)c(F)c3)CC2)C1.CCOC1CC(c2ccccc2)OC2(CCN(C(=O)c3ccc(S(=O)(=O)CC)cc3)CC2)C1. The molecule has 6 saturated heterocycles. The number of piperidine rings is 3. The van der Waals surface area contributed by atoms with E-state index in [4.69, 9.17) is 37.9 Å². The van der Waals surface area contributed by atoms with Gasteiger partial charge >= 0.3 is 0 Å². The lowest BCUT2D eigenvalue weighted by Gasteiger charge is -2.48. The number of hydrogen-bond donors (Lipinski definition) is 1. The molecule has 6 heterocycles. The smallest absolute Gasteiger partial charge is 0.253 e. The molecular weight excluding hydrogens is 1290 g/mol. The number of ether oxygens (including phenoxy) is 8. The maximum Gasteiger partial charge on any atom is 0.253 e. The van der Waals surface area contributed by atoms with Gasteiger partial charge in [0.15, 0.2) is 21.4 Å². The molecule has 6 atom stereocenters. The van der Waals surface area contributed by atoms with Crippen LogP contribution in [-0.4, -0.2) is 158 Å². The highest BCUT2D eigenvalue weighted by Crippen LogP contribution is 2.47. The predicted octanol–water partition coefficient (Wildman–Crippen LogP) is 14.9. The Bertz CT molecular complexity index is 3710. The molecule has 6 aliphatic rings. The monoisotopic (exact) mass is 1390 g/mol. The molecule has 12 rings (SSSR count). The third-order valence-electron chi connectivity index (χ3n) is 20.2. The van der Waals surface area contributed by atoms with Gasteiger partial charge < -0.3 is 57.7 Å². The van der Waals surface area contributed by atoms with Crippen LogP contribution in [0.2, 0.25) is 0 Å². The van der Waals surface area contributed by atoms with Crippen molar-refractivity contribution in [2.45, 2.75) is 210 Å². The second-order valence-corrected chi connectivity index (χ2v) is 30.2. The van der Waals surface area contributed by atoms with Gasteiger partial charge in [0.25, 0.3) is 17.7 Å². The Morgan fingerprint density at radius 1 is 0.480 bits per heavy atom. The van der Waals surface area contributed by atoms with Gasteiger partial charge in [-0.3, -0.25) is 14.4 Å². The Hall–Kier alpha value is -7.07. The van der Waals surface area contributed by atoms with Gasteiger partial charge in [0.2, 0.25) is 0 Å². The average Bonchev–Trinajstić information content (AvgIpc) is 0.789. The van der Waals surface area contributed by atoms with E-state index >= 15 is 0 Å². The molecule has 17 nitrogen and oxygen atoms in total. The number of sulfone groups is 1. The standard InChI is InChI=1S/C28H37NO5.C27H34FNO4.C26H33NO5S/c1-4-32-24-17-26(21-8-6-5-7-9-21)34-28(18-24)12-14-29(15-13-28)27(31)22-10-11-25(33-20(2)3)23(16-22)19-30;1-4-31-22-17-25(20-8-6-5-7-9-20)33-27(18-22)12-14-29(15-13-27)26(30)21-10-11-24(23(28)16-21)32-19(2)3;1-3-31-22-18-24(20-8-6-5-7-9-20)32-26(19-22)14-16-27(17-15-26)25(28)21-10-12-23(13-11-21)33(29,30)4-2/h5-11,16,20,24,26,30H,4,12-15,17-19H2,1-3H3;5-11,16,19,22,25H,4,12-15,17-18H2,1-3H3;5-13,22,24H,3-4,14-19H2,1-2H3. The number of carbonyl (C=O) groups excluding carboxylic acids is 3. The molecule has 0 aromatic heterocycles. The summed E-state index contributed by atoms with van der Waals surface area (Å²) in [6.45, 7) is 20.8. The Morgan fingerprint density at radius 3 is 1.14 bits per heavy atom. The number of hydrogen-bond acceptors (Lipinski definition) is 14. The lowest BCUT2D eigenvalue weighted by Crippen LogP contribution is -2.52. The summed E-state index contributed by atoms with van der Waals surface area (Å²) in [6.07, 6.45) is 9.94. The zero-order valence-corrected chi connectivity index (χ0v) is 60.5. The van der Waals surface area contributed by atoms with Crippen molar-refractivity contribution in [2.24, 2.45) is 0 Å². The van der Waals surface area contributed by atoms with Gasteiger partial charge in [-0.2, -0.15) is 0 Å². The second-order valence-electron chi connectivity index (χ2n) is 27.9. The van der Waals surface area contributed by atoms with Crippen molar-refractivity contribution in [3.8, 4) is 11.5 Å². The quantitative estimate of drug-likeness (QED) is 0.0806. The first-order valence-corrected chi connectivity index (χ1v) is 37.9. The molecule has 0 aliphatic carbocycles. The summed E-state index contributed by atoms with van der Waals surface area (Å²) >= 11 is 0. The molecule has 6 aliphatic heterocycles. The van der Waals surface area contributed by atoms with E-state index < -0.39 is 15.7 Å². The minimum atomic E-state index is -3.28. The summed E-state index contributed by atoms with van der Waals surface area (Å²) in [5.74, 6) is 0.0844. The number of aliphatic hydroxyl groups is 1. The summed E-state index contributed by atoms with van der Waals surface area (Å²) in [5, 5.41) is 9.77. The van der Waals surface area contributed by atoms with E-state index in [0.717, 1.165) is 77.0 Å². The number of aliphatic hydroxyl groups excluding tert-OH is 1. The van der Waals surface area contributed by atoms with E-state index in [-0.39, 0.29) is 106 Å². The molecule has 3 amide bonds. The molecule has 540 valence electrons. The van der Waals surface area contributed by atoms with Gasteiger partial charge in [-0.15, -0.1) is 0 Å². The summed E-state index contributed by atoms with van der Waals surface area (Å²) in [4.78, 5) is 45.2. The third-order valence-corrected chi connectivity index (χ3v) is 22.0. The lowest BCUT2D eigenvalue weighted by atomic mass is 9.80. The average molecular weight is 1390 g/mol. The van der Waals surface area contributed by atoms with E-state index in [1.807, 2.05) is 101 Å². The van der Waals surface area contributed by atoms with Crippen LogP contribution >= 0.6 is 0 Å². The predicted molar refractivity (Wildman–Crippen MR) is 383 cm³/mol. The molecule has 6 aromatic rings. The summed E-state index contributed by atoms with van der Waals surface area (Å²) in [6, 6.07) is 47.0. The van der Waals surface area contributed by atoms with Gasteiger partial charge in [0, 0.05) is 120 Å². The van der Waals surface area contributed by atoms with Gasteiger partial charge in [-0.1, -0.05) is 97.9 Å². The van der Waals surface area contributed by atoms with Crippen molar-refractivity contribution in [3.63, 3.8) is 0 Å². The number of halogens is 1. The number of benzene rings is 6. The summed E-state index contributed by atoms with van der Waals surface area (Å²) in [7, 11) is -3.28. The molecule has 6 aromatic carbocycles. The minimum absolute atomic E-state index is 0.000791. The van der Waals surface area contributed by atoms with Crippen molar-refractivity contribution in [1.29, 1.82) is 0 Å². The van der Waals surface area contributed by atoms with Crippen LogP contribution in [-0.2, 0) is 44.9 Å². The molecular formula is C81H104FN3O14S. The largest absolute Gasteiger partial charge is 0.491 e. The van der Waals surface area contributed by atoms with Crippen molar-refractivity contribution in [1.82, 2.24) is 14.7 Å². The van der Waals surface area contributed by atoms with Crippen LogP contribution in [0.1, 0.15) is 204 Å². The van der Waals surface area contributed by atoms with Crippen LogP contribution in [0.3, 0.4) is 0 Å². The van der Waals surface area contributed by atoms with Crippen LogP contribution in [0, 0.1) is 5.82 Å². The van der Waals surface area contributed by atoms with Crippen molar-refractivity contribution < 1.29 is 70.2 Å². The zero-order chi connectivity index (χ0) is 71.0. The first-order valence-electron chi connectivity index (χ1n) is 36.3. The van der Waals surface area contributed by atoms with Crippen molar-refractivity contribution >= 4 is 27.6 Å². The van der Waals surface area contributed by atoms with Gasteiger partial charge in [-0.25, -0.2) is 12.8 Å². The number of nitrogens with zero attached hydrogens (tertiary/aromatic N) is 3. The molecule has 3 spiro atoms. The van der Waals surface area contributed by atoms with Crippen LogP contribution in [0.25, 0.3) is 0 Å². The molecule has 0 bridgehead atoms. The minimum Gasteiger partial charge on any atom is -0.491 e. The number of carbonyl (C=O) groups is 3. The Kier molecular flexibility index (Phi) is 26.3. The Labute approximate surface area is 591 Å². The van der Waals surface area contributed by atoms with E-state index in [9.17, 15) is 32.3 Å². The van der Waals surface area contributed by atoms with E-state index in [0.29, 0.717) is 87.1 Å². The molecule has 6 fully saturated rings. The summed E-state index contributed by atoms with van der Waals surface area (Å²) < 4.78 is 88.0. The normalized spacial score (nSPS) is 22.5. The van der Waals surface area contributed by atoms with Crippen LogP contribution in [0.15, 0.2) is 157 Å². The molecule has 19 heteroatoms. The fourth-order valence-electron chi connectivity index (χ4n) is 15.1. The highest BCUT2D eigenvalue weighted by Gasteiger charge is 2.48. The Morgan fingerprint density at radius 2 is 0.810 bits per heavy atom. The molecule has 6 unspecified atom stereocenters. The van der Waals surface area contributed by atoms with Crippen LogP contribution < -0.4 is 9.47 Å². The number of likely N-dealkylation sites (tertiary alicyclic amines) is 3. The third kappa shape index (κ3) is 19.4. The van der Waals surface area contributed by atoms with E-state index in [2.05, 4.69) is 48.5 Å². The highest BCUT2D eigenvalue weighted by atomic mass is 32.2. The zero-order valence-electron chi connectivity index (χ0n) is 59.7. The topological polar surface area (TPSA) is 189 Å². The van der Waals surface area contributed by atoms with E-state index in [1.165, 1.54) is 41.0 Å². The second kappa shape index (κ2) is 34.7. The molecule has 0 radical (unpaired) electrons. The highest BCUT2D eigenvalue weighted by molar-refractivity contribution is 7.91. The lowest BCUT2D eigenvalue weighted by molar-refractivity contribution is -0.191. The van der Waals surface area contributed by atoms with Gasteiger partial charge in [0.1, 0.15) is 5.75 Å². The van der Waals surface area contributed by atoms with Gasteiger partial charge in [-0.05, 0) is 164 Å².